The summed E-state index contributed by atoms with van der Waals surface area (Å²) in [5, 5.41) is 6.45. The SMILES string of the molecule is [2H]C([2H])([2H])c1ccc(-c2nc3ccccc3n2-c2c(C(C)C)cc(C(C)C)cc2C(C)C)c2sc3cc4c(ccc5ccccc54)cc3c12. The molecule has 0 aliphatic heterocycles. The molecule has 8 rings (SSSR count). The molecule has 8 aromatic rings. The molecule has 0 fully saturated rings. The fourth-order valence-corrected chi connectivity index (χ4v) is 8.42. The molecule has 0 radical (unpaired) electrons. The van der Waals surface area contributed by atoms with Crippen LogP contribution in [0.25, 0.3) is 69.8 Å². The summed E-state index contributed by atoms with van der Waals surface area (Å²) in [6.45, 7) is 11.3. The highest BCUT2D eigenvalue weighted by molar-refractivity contribution is 7.26. The zero-order chi connectivity index (χ0) is 34.4. The quantitative estimate of drug-likeness (QED) is 0.175. The second-order valence-electron chi connectivity index (χ2n) is 13.6. The first-order valence-corrected chi connectivity index (χ1v) is 17.2. The van der Waals surface area contributed by atoms with Crippen LogP contribution in [0, 0.1) is 6.85 Å². The van der Waals surface area contributed by atoms with Crippen molar-refractivity contribution in [3.05, 3.63) is 119 Å². The van der Waals surface area contributed by atoms with Crippen molar-refractivity contribution in [2.45, 2.75) is 66.1 Å². The first kappa shape index (κ1) is 25.7. The van der Waals surface area contributed by atoms with E-state index in [1.54, 1.807) is 11.3 Å². The third-order valence-corrected chi connectivity index (χ3v) is 10.8. The number of nitrogens with zero attached hydrogens (tertiary/aromatic N) is 2. The number of hydrogen-bond acceptors (Lipinski definition) is 2. The van der Waals surface area contributed by atoms with E-state index in [1.807, 2.05) is 18.2 Å². The Morgan fingerprint density at radius 3 is 2.13 bits per heavy atom. The van der Waals surface area contributed by atoms with Crippen molar-refractivity contribution in [1.82, 2.24) is 9.55 Å². The van der Waals surface area contributed by atoms with Gasteiger partial charge in [0.25, 0.3) is 0 Å². The van der Waals surface area contributed by atoms with E-state index in [2.05, 4.69) is 125 Å². The summed E-state index contributed by atoms with van der Waals surface area (Å²) in [6.07, 6.45) is 0. The van der Waals surface area contributed by atoms with Gasteiger partial charge in [-0.05, 0) is 98.7 Å². The smallest absolute Gasteiger partial charge is 0.147 e. The minimum atomic E-state index is -2.27. The van der Waals surface area contributed by atoms with E-state index < -0.39 is 6.85 Å². The van der Waals surface area contributed by atoms with Crippen LogP contribution in [0.3, 0.4) is 0 Å². The molecule has 6 aromatic carbocycles. The van der Waals surface area contributed by atoms with E-state index in [-0.39, 0.29) is 11.8 Å². The van der Waals surface area contributed by atoms with Gasteiger partial charge in [0.15, 0.2) is 0 Å². The molecule has 2 heterocycles. The number of para-hydroxylation sites is 2. The zero-order valence-electron chi connectivity index (χ0n) is 30.3. The van der Waals surface area contributed by atoms with Gasteiger partial charge in [-0.3, -0.25) is 4.57 Å². The Bertz CT molecular complexity index is 2550. The van der Waals surface area contributed by atoms with E-state index in [0.29, 0.717) is 11.5 Å². The largest absolute Gasteiger partial charge is 0.292 e. The number of fused-ring (bicyclic) bond motifs is 7. The number of benzene rings is 6. The van der Waals surface area contributed by atoms with Crippen molar-refractivity contribution < 1.29 is 4.11 Å². The van der Waals surface area contributed by atoms with Crippen LogP contribution in [0.1, 0.15) is 85.7 Å². The van der Waals surface area contributed by atoms with Gasteiger partial charge in [-0.1, -0.05) is 108 Å². The lowest BCUT2D eigenvalue weighted by Crippen LogP contribution is -2.10. The van der Waals surface area contributed by atoms with Crippen LogP contribution in [0.2, 0.25) is 0 Å². The Kier molecular flexibility index (Phi) is 6.04. The number of aromatic nitrogens is 2. The molecule has 0 N–H and O–H groups in total. The molecule has 0 spiro atoms. The Morgan fingerprint density at radius 2 is 1.39 bits per heavy atom. The number of hydrogen-bond donors (Lipinski definition) is 0. The molecule has 0 saturated carbocycles. The van der Waals surface area contributed by atoms with Gasteiger partial charge in [0, 0.05) is 29.8 Å². The maximum Gasteiger partial charge on any atom is 0.147 e. The van der Waals surface area contributed by atoms with Crippen LogP contribution in [0.4, 0.5) is 0 Å². The summed E-state index contributed by atoms with van der Waals surface area (Å²) in [4.78, 5) is 5.35. The zero-order valence-corrected chi connectivity index (χ0v) is 28.1. The van der Waals surface area contributed by atoms with Gasteiger partial charge < -0.3 is 0 Å². The maximum absolute atomic E-state index is 8.60. The third kappa shape index (κ3) is 4.40. The lowest BCUT2D eigenvalue weighted by molar-refractivity contribution is 0.788. The normalized spacial score (nSPS) is 13.6. The van der Waals surface area contributed by atoms with Gasteiger partial charge in [0.1, 0.15) is 5.82 Å². The van der Waals surface area contributed by atoms with Crippen molar-refractivity contribution in [2.24, 2.45) is 0 Å². The molecule has 228 valence electrons. The highest BCUT2D eigenvalue weighted by Gasteiger charge is 2.25. The van der Waals surface area contributed by atoms with Gasteiger partial charge in [-0.25, -0.2) is 4.98 Å². The van der Waals surface area contributed by atoms with E-state index in [9.17, 15) is 0 Å². The van der Waals surface area contributed by atoms with Gasteiger partial charge in [0.2, 0.25) is 0 Å². The predicted molar refractivity (Wildman–Crippen MR) is 201 cm³/mol. The highest BCUT2D eigenvalue weighted by atomic mass is 32.1. The van der Waals surface area contributed by atoms with Crippen molar-refractivity contribution in [2.75, 3.05) is 0 Å². The molecular weight excluding hydrogens is 577 g/mol. The van der Waals surface area contributed by atoms with Crippen LogP contribution in [-0.4, -0.2) is 9.55 Å². The second-order valence-corrected chi connectivity index (χ2v) is 14.6. The topological polar surface area (TPSA) is 17.8 Å². The Balaban J connectivity index is 1.52. The van der Waals surface area contributed by atoms with Crippen LogP contribution >= 0.6 is 11.3 Å². The van der Waals surface area contributed by atoms with Gasteiger partial charge in [-0.15, -0.1) is 11.3 Å². The molecule has 0 aliphatic rings. The molecule has 0 amide bonds. The minimum Gasteiger partial charge on any atom is -0.292 e. The van der Waals surface area contributed by atoms with Crippen molar-refractivity contribution in [3.63, 3.8) is 0 Å². The van der Waals surface area contributed by atoms with Gasteiger partial charge in [-0.2, -0.15) is 0 Å². The average Bonchev–Trinajstić information content (AvgIpc) is 3.64. The van der Waals surface area contributed by atoms with Gasteiger partial charge in [0.05, 0.1) is 16.7 Å². The fourth-order valence-electron chi connectivity index (χ4n) is 7.17. The van der Waals surface area contributed by atoms with E-state index >= 15 is 0 Å². The van der Waals surface area contributed by atoms with Gasteiger partial charge >= 0.3 is 0 Å². The summed E-state index contributed by atoms with van der Waals surface area (Å²) in [7, 11) is 0. The Hall–Kier alpha value is -4.47. The monoisotopic (exact) mass is 619 g/mol. The molecule has 0 saturated heterocycles. The molecule has 46 heavy (non-hydrogen) atoms. The number of imidazole rings is 1. The lowest BCUT2D eigenvalue weighted by atomic mass is 9.87. The first-order valence-electron chi connectivity index (χ1n) is 17.9. The van der Waals surface area contributed by atoms with Crippen LogP contribution < -0.4 is 0 Å². The summed E-state index contributed by atoms with van der Waals surface area (Å²) in [5.41, 5.74) is 8.42. The lowest BCUT2D eigenvalue weighted by Gasteiger charge is -2.25. The molecule has 3 heteroatoms. The van der Waals surface area contributed by atoms with Crippen LogP contribution in [0.15, 0.2) is 97.1 Å². The Morgan fingerprint density at radius 1 is 0.674 bits per heavy atom. The predicted octanol–water partition coefficient (Wildman–Crippen LogP) is 13.0. The number of rotatable bonds is 5. The molecular formula is C43H40N2S. The number of thiophene rings is 1. The summed E-state index contributed by atoms with van der Waals surface area (Å²) >= 11 is 1.67. The fraction of sp³-hybridized carbons (Fsp3) is 0.233. The minimum absolute atomic E-state index is 0.282. The van der Waals surface area contributed by atoms with E-state index in [4.69, 9.17) is 9.10 Å². The molecule has 2 nitrogen and oxygen atoms in total. The summed E-state index contributed by atoms with van der Waals surface area (Å²) < 4.78 is 30.2. The van der Waals surface area contributed by atoms with Crippen molar-refractivity contribution >= 4 is 64.1 Å². The maximum atomic E-state index is 8.60. The summed E-state index contributed by atoms with van der Waals surface area (Å²) in [5.74, 6) is 1.81. The number of aryl methyl sites for hydroxylation is 1. The summed E-state index contributed by atoms with van der Waals surface area (Å²) in [6, 6.07) is 34.2. The van der Waals surface area contributed by atoms with Crippen LogP contribution in [0.5, 0.6) is 0 Å². The Labute approximate surface area is 279 Å². The first-order chi connectivity index (χ1) is 23.4. The standard InChI is InChI=1S/C43H40N2S/c1-24(2)30-21-33(25(3)4)41(34(22-30)26(5)6)45-38-15-11-10-14-37(38)44-43(45)32-19-16-27(7)40-36-20-29-18-17-28-12-8-9-13-31(28)35(29)23-39(36)46-42(32)40/h8-26H,1-7H3/i7D3. The second kappa shape index (κ2) is 10.8. The molecule has 0 atom stereocenters. The van der Waals surface area contributed by atoms with Crippen LogP contribution in [-0.2, 0) is 0 Å². The third-order valence-electron chi connectivity index (χ3n) is 9.61. The van der Waals surface area contributed by atoms with E-state index in [0.717, 1.165) is 48.0 Å². The van der Waals surface area contributed by atoms with E-state index in [1.165, 1.54) is 38.5 Å². The molecule has 0 unspecified atom stereocenters. The molecule has 0 aliphatic carbocycles. The molecule has 2 aromatic heterocycles. The highest BCUT2D eigenvalue weighted by Crippen LogP contribution is 2.46. The van der Waals surface area contributed by atoms with Crippen molar-refractivity contribution in [1.29, 1.82) is 0 Å². The average molecular weight is 620 g/mol. The van der Waals surface area contributed by atoms with Crippen molar-refractivity contribution in [3.8, 4) is 17.1 Å². The molecule has 0 bridgehead atoms.